The van der Waals surface area contributed by atoms with Gasteiger partial charge in [-0.05, 0) is 5.56 Å². The number of carbonyl (C=O) groups excluding carboxylic acids is 2. The normalized spacial score (nSPS) is 19.2. The van der Waals surface area contributed by atoms with Gasteiger partial charge in [-0.1, -0.05) is 60.7 Å². The number of likely N-dealkylation sites (tertiary alicyclic amines) is 1. The molecule has 0 bridgehead atoms. The van der Waals surface area contributed by atoms with E-state index in [1.165, 1.54) is 0 Å². The number of nitrogens with zero attached hydrogens (tertiary/aromatic N) is 1. The predicted molar refractivity (Wildman–Crippen MR) is 89.5 cm³/mol. The summed E-state index contributed by atoms with van der Waals surface area (Å²) in [5.74, 6) is -3.38. The molecule has 0 aliphatic carbocycles. The largest absolute Gasteiger partial charge is 0.507 e. The number of carbonyl (C=O) groups is 3. The molecule has 3 rings (SSSR count). The topological polar surface area (TPSA) is 94.9 Å². The molecule has 6 heteroatoms. The molecular formula is C19H15NO5. The highest BCUT2D eigenvalue weighted by Crippen LogP contribution is 2.38. The van der Waals surface area contributed by atoms with Gasteiger partial charge in [-0.2, -0.15) is 0 Å². The van der Waals surface area contributed by atoms with Crippen molar-refractivity contribution in [3.05, 3.63) is 77.4 Å². The molecule has 1 amide bonds. The maximum Gasteiger partial charge on any atom is 0.323 e. The van der Waals surface area contributed by atoms with Crippen molar-refractivity contribution in [1.82, 2.24) is 4.90 Å². The number of amides is 1. The average molecular weight is 337 g/mol. The molecule has 0 aromatic heterocycles. The Bertz CT molecular complexity index is 858. The molecule has 2 aromatic rings. The Morgan fingerprint density at radius 3 is 2.04 bits per heavy atom. The summed E-state index contributed by atoms with van der Waals surface area (Å²) in [5, 5.41) is 19.7. The number of Topliss-reactive ketones (excluding diaryl/α,β-unsaturated/α-hetero) is 1. The molecule has 6 nitrogen and oxygen atoms in total. The molecule has 1 heterocycles. The highest BCUT2D eigenvalue weighted by molar-refractivity contribution is 6.46. The van der Waals surface area contributed by atoms with Gasteiger partial charge in [0.05, 0.1) is 11.6 Å². The molecular weight excluding hydrogens is 322 g/mol. The molecule has 1 saturated heterocycles. The molecule has 0 saturated carbocycles. The fourth-order valence-electron chi connectivity index (χ4n) is 2.92. The Morgan fingerprint density at radius 1 is 0.920 bits per heavy atom. The zero-order valence-electron chi connectivity index (χ0n) is 13.1. The van der Waals surface area contributed by atoms with Crippen LogP contribution in [0.2, 0.25) is 0 Å². The third-order valence-corrected chi connectivity index (χ3v) is 4.01. The molecule has 1 aliphatic heterocycles. The van der Waals surface area contributed by atoms with Crippen LogP contribution >= 0.6 is 0 Å². The second-order valence-corrected chi connectivity index (χ2v) is 5.60. The summed E-state index contributed by atoms with van der Waals surface area (Å²) < 4.78 is 0. The summed E-state index contributed by atoms with van der Waals surface area (Å²) in [6.07, 6.45) is 0. The van der Waals surface area contributed by atoms with Gasteiger partial charge in [0.25, 0.3) is 11.7 Å². The van der Waals surface area contributed by atoms with Crippen molar-refractivity contribution < 1.29 is 24.6 Å². The van der Waals surface area contributed by atoms with Gasteiger partial charge in [0.15, 0.2) is 0 Å². The van der Waals surface area contributed by atoms with Crippen molar-refractivity contribution in [3.63, 3.8) is 0 Å². The number of carboxylic acids is 1. The van der Waals surface area contributed by atoms with E-state index in [1.54, 1.807) is 60.7 Å². The molecule has 1 atom stereocenters. The van der Waals surface area contributed by atoms with Crippen LogP contribution in [-0.4, -0.2) is 39.3 Å². The number of benzene rings is 2. The number of aliphatic carboxylic acids is 1. The standard InChI is InChI=1S/C19H15NO5/c21-14(22)11-20-16(12-7-3-1-4-8-12)15(18(24)19(20)25)17(23)13-9-5-2-6-10-13/h1-10,16,23H,11H2,(H,21,22)/b17-15+/t16-/m0/s1. The maximum absolute atomic E-state index is 12.5. The number of rotatable bonds is 4. The number of hydrogen-bond acceptors (Lipinski definition) is 4. The van der Waals surface area contributed by atoms with Crippen LogP contribution in [0.5, 0.6) is 0 Å². The van der Waals surface area contributed by atoms with Gasteiger partial charge in [-0.15, -0.1) is 0 Å². The SMILES string of the molecule is O=C(O)CN1C(=O)C(=O)/C(=C(/O)c2ccccc2)[C@@H]1c1ccccc1. The number of hydrogen-bond donors (Lipinski definition) is 2. The van der Waals surface area contributed by atoms with E-state index in [0.717, 1.165) is 4.90 Å². The molecule has 2 aromatic carbocycles. The summed E-state index contributed by atoms with van der Waals surface area (Å²) in [5.41, 5.74) is 0.834. The summed E-state index contributed by atoms with van der Waals surface area (Å²) in [4.78, 5) is 36.9. The number of aliphatic hydroxyl groups excluding tert-OH is 1. The number of carboxylic acid groups (broad SMARTS) is 1. The van der Waals surface area contributed by atoms with Crippen molar-refractivity contribution in [2.75, 3.05) is 6.54 Å². The van der Waals surface area contributed by atoms with Gasteiger partial charge in [0, 0.05) is 5.56 Å². The zero-order chi connectivity index (χ0) is 18.0. The molecule has 1 fully saturated rings. The first-order valence-electron chi connectivity index (χ1n) is 7.61. The minimum absolute atomic E-state index is 0.108. The molecule has 0 spiro atoms. The lowest BCUT2D eigenvalue weighted by molar-refractivity contribution is -0.146. The third-order valence-electron chi connectivity index (χ3n) is 4.01. The van der Waals surface area contributed by atoms with Gasteiger partial charge in [-0.25, -0.2) is 0 Å². The Balaban J connectivity index is 2.19. The highest BCUT2D eigenvalue weighted by Gasteiger charge is 2.46. The van der Waals surface area contributed by atoms with Gasteiger partial charge < -0.3 is 15.1 Å². The molecule has 126 valence electrons. The second-order valence-electron chi connectivity index (χ2n) is 5.60. The van der Waals surface area contributed by atoms with E-state index in [2.05, 4.69) is 0 Å². The van der Waals surface area contributed by atoms with E-state index in [-0.39, 0.29) is 11.3 Å². The van der Waals surface area contributed by atoms with Gasteiger partial charge in [-0.3, -0.25) is 14.4 Å². The first-order valence-corrected chi connectivity index (χ1v) is 7.61. The summed E-state index contributed by atoms with van der Waals surface area (Å²) >= 11 is 0. The monoisotopic (exact) mass is 337 g/mol. The Kier molecular flexibility index (Phi) is 4.35. The average Bonchev–Trinajstić information content (AvgIpc) is 2.87. The quantitative estimate of drug-likeness (QED) is 0.507. The van der Waals surface area contributed by atoms with E-state index in [1.807, 2.05) is 0 Å². The predicted octanol–water partition coefficient (Wildman–Crippen LogP) is 2.19. The van der Waals surface area contributed by atoms with Crippen molar-refractivity contribution >= 4 is 23.4 Å². The molecule has 1 aliphatic rings. The van der Waals surface area contributed by atoms with Crippen molar-refractivity contribution in [2.24, 2.45) is 0 Å². The van der Waals surface area contributed by atoms with Crippen LogP contribution < -0.4 is 0 Å². The van der Waals surface area contributed by atoms with Crippen LogP contribution in [0.1, 0.15) is 17.2 Å². The van der Waals surface area contributed by atoms with Crippen LogP contribution in [0, 0.1) is 0 Å². The van der Waals surface area contributed by atoms with E-state index >= 15 is 0 Å². The van der Waals surface area contributed by atoms with E-state index < -0.39 is 30.2 Å². The first kappa shape index (κ1) is 16.4. The van der Waals surface area contributed by atoms with Crippen LogP contribution in [0.4, 0.5) is 0 Å². The lowest BCUT2D eigenvalue weighted by atomic mass is 9.95. The third kappa shape index (κ3) is 3.01. The molecule has 2 N–H and O–H groups in total. The lowest BCUT2D eigenvalue weighted by Gasteiger charge is -2.23. The first-order chi connectivity index (χ1) is 12.0. The second kappa shape index (κ2) is 6.60. The number of aliphatic hydroxyl groups is 1. The smallest absolute Gasteiger partial charge is 0.323 e. The van der Waals surface area contributed by atoms with E-state index in [0.29, 0.717) is 11.1 Å². The Labute approximate surface area is 143 Å². The Morgan fingerprint density at radius 2 is 1.48 bits per heavy atom. The van der Waals surface area contributed by atoms with Crippen molar-refractivity contribution in [2.45, 2.75) is 6.04 Å². The fraction of sp³-hybridized carbons (Fsp3) is 0.105. The highest BCUT2D eigenvalue weighted by atomic mass is 16.4. The summed E-state index contributed by atoms with van der Waals surface area (Å²) in [7, 11) is 0. The van der Waals surface area contributed by atoms with Gasteiger partial charge in [0.2, 0.25) is 0 Å². The number of ketones is 1. The fourth-order valence-corrected chi connectivity index (χ4v) is 2.92. The molecule has 0 radical (unpaired) electrons. The van der Waals surface area contributed by atoms with Gasteiger partial charge >= 0.3 is 5.97 Å². The summed E-state index contributed by atoms with van der Waals surface area (Å²) in [6, 6.07) is 16.0. The molecule has 25 heavy (non-hydrogen) atoms. The van der Waals surface area contributed by atoms with Crippen molar-refractivity contribution in [1.29, 1.82) is 0 Å². The van der Waals surface area contributed by atoms with E-state index in [4.69, 9.17) is 5.11 Å². The summed E-state index contributed by atoms with van der Waals surface area (Å²) in [6.45, 7) is -0.629. The van der Waals surface area contributed by atoms with Crippen LogP contribution in [-0.2, 0) is 14.4 Å². The minimum atomic E-state index is -1.23. The lowest BCUT2D eigenvalue weighted by Crippen LogP contribution is -2.34. The van der Waals surface area contributed by atoms with E-state index in [9.17, 15) is 19.5 Å². The van der Waals surface area contributed by atoms with Gasteiger partial charge in [0.1, 0.15) is 12.3 Å². The van der Waals surface area contributed by atoms with Crippen molar-refractivity contribution in [3.8, 4) is 0 Å². The maximum atomic E-state index is 12.5. The van der Waals surface area contributed by atoms with Crippen LogP contribution in [0.3, 0.4) is 0 Å². The zero-order valence-corrected chi connectivity index (χ0v) is 13.1. The molecule has 0 unspecified atom stereocenters. The van der Waals surface area contributed by atoms with Crippen LogP contribution in [0.15, 0.2) is 66.2 Å². The minimum Gasteiger partial charge on any atom is -0.507 e. The van der Waals surface area contributed by atoms with Crippen LogP contribution in [0.25, 0.3) is 5.76 Å². The Hall–Kier alpha value is -3.41.